The number of esters is 1. The van der Waals surface area contributed by atoms with Gasteiger partial charge < -0.3 is 14.5 Å². The van der Waals surface area contributed by atoms with Gasteiger partial charge in [-0.2, -0.15) is 4.37 Å². The fourth-order valence-corrected chi connectivity index (χ4v) is 2.59. The minimum absolute atomic E-state index is 0.0389. The van der Waals surface area contributed by atoms with Gasteiger partial charge in [-0.05, 0) is 44.4 Å². The van der Waals surface area contributed by atoms with E-state index in [9.17, 15) is 4.79 Å². The highest BCUT2D eigenvalue weighted by Gasteiger charge is 2.21. The fraction of sp³-hybridized carbons (Fsp3) is 0.385. The minimum atomic E-state index is -0.345. The van der Waals surface area contributed by atoms with Gasteiger partial charge in [-0.15, -0.1) is 0 Å². The lowest BCUT2D eigenvalue weighted by Crippen LogP contribution is -2.11. The molecule has 0 bridgehead atoms. The van der Waals surface area contributed by atoms with Crippen molar-refractivity contribution in [2.24, 2.45) is 0 Å². The summed E-state index contributed by atoms with van der Waals surface area (Å²) in [5, 5.41) is 3.94. The molecule has 0 aliphatic rings. The van der Waals surface area contributed by atoms with E-state index < -0.39 is 0 Å². The minimum Gasteiger partial charge on any atom is -0.467 e. The molecule has 102 valence electrons. The van der Waals surface area contributed by atoms with E-state index in [0.29, 0.717) is 22.9 Å². The second kappa shape index (κ2) is 5.88. The van der Waals surface area contributed by atoms with Crippen molar-refractivity contribution in [2.45, 2.75) is 26.8 Å². The molecule has 0 saturated carbocycles. The highest BCUT2D eigenvalue weighted by Crippen LogP contribution is 2.29. The molecule has 2 aromatic heterocycles. The SMILES string of the molecule is CCOC(=O)c1c(C)nsc1NC(C)c1ccco1. The zero-order chi connectivity index (χ0) is 13.8. The molecule has 0 amide bonds. The maximum absolute atomic E-state index is 11.9. The van der Waals surface area contributed by atoms with Crippen molar-refractivity contribution in [3.63, 3.8) is 0 Å². The van der Waals surface area contributed by atoms with Crippen LogP contribution in [0.25, 0.3) is 0 Å². The molecule has 0 aromatic carbocycles. The van der Waals surface area contributed by atoms with E-state index in [-0.39, 0.29) is 12.0 Å². The predicted octanol–water partition coefficient (Wildman–Crippen LogP) is 3.39. The summed E-state index contributed by atoms with van der Waals surface area (Å²) in [6.07, 6.45) is 1.62. The molecule has 1 atom stereocenters. The van der Waals surface area contributed by atoms with Gasteiger partial charge in [0.1, 0.15) is 16.3 Å². The maximum atomic E-state index is 11.9. The predicted molar refractivity (Wildman–Crippen MR) is 73.6 cm³/mol. The molecule has 0 spiro atoms. The monoisotopic (exact) mass is 280 g/mol. The zero-order valence-corrected chi connectivity index (χ0v) is 11.9. The van der Waals surface area contributed by atoms with Gasteiger partial charge in [0.05, 0.1) is 24.6 Å². The van der Waals surface area contributed by atoms with Gasteiger partial charge in [-0.1, -0.05) is 0 Å². The number of ether oxygens (including phenoxy) is 1. The standard InChI is InChI=1S/C13H16N2O3S/c1-4-17-13(16)11-9(3)15-19-12(11)14-8(2)10-6-5-7-18-10/h5-8,14H,4H2,1-3H3. The van der Waals surface area contributed by atoms with Gasteiger partial charge in [0.15, 0.2) is 0 Å². The number of carbonyl (C=O) groups is 1. The quantitative estimate of drug-likeness (QED) is 0.850. The van der Waals surface area contributed by atoms with Gasteiger partial charge >= 0.3 is 5.97 Å². The molecule has 5 nitrogen and oxygen atoms in total. The highest BCUT2D eigenvalue weighted by molar-refractivity contribution is 7.10. The van der Waals surface area contributed by atoms with Crippen LogP contribution in [0.15, 0.2) is 22.8 Å². The Bertz CT molecular complexity index is 548. The second-order valence-electron chi connectivity index (χ2n) is 4.07. The third-order valence-corrected chi connectivity index (χ3v) is 3.53. The fourth-order valence-electron chi connectivity index (χ4n) is 1.72. The number of nitrogens with zero attached hydrogens (tertiary/aromatic N) is 1. The number of aryl methyl sites for hydroxylation is 1. The first-order valence-electron chi connectivity index (χ1n) is 6.06. The van der Waals surface area contributed by atoms with Crippen LogP contribution in [-0.4, -0.2) is 16.9 Å². The van der Waals surface area contributed by atoms with Crippen molar-refractivity contribution in [1.29, 1.82) is 0 Å². The van der Waals surface area contributed by atoms with E-state index in [1.54, 1.807) is 20.1 Å². The number of nitrogens with one attached hydrogen (secondary N) is 1. The van der Waals surface area contributed by atoms with Crippen molar-refractivity contribution in [2.75, 3.05) is 11.9 Å². The summed E-state index contributed by atoms with van der Waals surface area (Å²) in [6.45, 7) is 5.89. The van der Waals surface area contributed by atoms with Crippen molar-refractivity contribution >= 4 is 22.5 Å². The van der Waals surface area contributed by atoms with Crippen LogP contribution in [0.2, 0.25) is 0 Å². The number of anilines is 1. The molecule has 6 heteroatoms. The molecule has 19 heavy (non-hydrogen) atoms. The Labute approximate surface area is 115 Å². The molecule has 0 saturated heterocycles. The lowest BCUT2D eigenvalue weighted by molar-refractivity contribution is 0.0527. The van der Waals surface area contributed by atoms with E-state index in [1.807, 2.05) is 19.1 Å². The van der Waals surface area contributed by atoms with Crippen LogP contribution >= 0.6 is 11.5 Å². The van der Waals surface area contributed by atoms with Crippen molar-refractivity contribution in [1.82, 2.24) is 4.37 Å². The Kier molecular flexibility index (Phi) is 4.21. The molecule has 0 radical (unpaired) electrons. The number of hydrogen-bond acceptors (Lipinski definition) is 6. The summed E-state index contributed by atoms with van der Waals surface area (Å²) in [4.78, 5) is 11.9. The van der Waals surface area contributed by atoms with E-state index in [1.165, 1.54) is 11.5 Å². The molecule has 0 fully saturated rings. The number of carbonyl (C=O) groups excluding carboxylic acids is 1. The first-order chi connectivity index (χ1) is 9.13. The van der Waals surface area contributed by atoms with Crippen molar-refractivity contribution in [3.05, 3.63) is 35.4 Å². The summed E-state index contributed by atoms with van der Waals surface area (Å²) in [5.41, 5.74) is 1.18. The molecular formula is C13H16N2O3S. The molecule has 2 rings (SSSR count). The molecule has 2 aromatic rings. The molecule has 1 N–H and O–H groups in total. The van der Waals surface area contributed by atoms with E-state index in [0.717, 1.165) is 5.76 Å². The largest absolute Gasteiger partial charge is 0.467 e. The number of hydrogen-bond donors (Lipinski definition) is 1. The highest BCUT2D eigenvalue weighted by atomic mass is 32.1. The average Bonchev–Trinajstić information content (AvgIpc) is 2.99. The molecular weight excluding hydrogens is 264 g/mol. The van der Waals surface area contributed by atoms with Crippen LogP contribution in [-0.2, 0) is 4.74 Å². The Morgan fingerprint density at radius 2 is 2.42 bits per heavy atom. The van der Waals surface area contributed by atoms with Gasteiger partial charge in [0.25, 0.3) is 0 Å². The van der Waals surface area contributed by atoms with Crippen molar-refractivity contribution in [3.8, 4) is 0 Å². The van der Waals surface area contributed by atoms with Crippen molar-refractivity contribution < 1.29 is 13.9 Å². The topological polar surface area (TPSA) is 64.4 Å². The third kappa shape index (κ3) is 2.96. The first-order valence-corrected chi connectivity index (χ1v) is 6.84. The molecule has 0 aliphatic carbocycles. The molecule has 1 unspecified atom stereocenters. The Balaban J connectivity index is 2.19. The lowest BCUT2D eigenvalue weighted by atomic mass is 10.2. The van der Waals surface area contributed by atoms with Crippen LogP contribution in [0.3, 0.4) is 0 Å². The molecule has 2 heterocycles. The smallest absolute Gasteiger partial charge is 0.343 e. The number of furan rings is 1. The summed E-state index contributed by atoms with van der Waals surface area (Å²) in [7, 11) is 0. The second-order valence-corrected chi connectivity index (χ2v) is 4.85. The third-order valence-electron chi connectivity index (χ3n) is 2.66. The summed E-state index contributed by atoms with van der Waals surface area (Å²) >= 11 is 1.25. The molecule has 0 aliphatic heterocycles. The zero-order valence-electron chi connectivity index (χ0n) is 11.1. The van der Waals surface area contributed by atoms with Crippen LogP contribution in [0.5, 0.6) is 0 Å². The van der Waals surface area contributed by atoms with E-state index in [2.05, 4.69) is 9.69 Å². The van der Waals surface area contributed by atoms with Crippen LogP contribution < -0.4 is 5.32 Å². The first kappa shape index (κ1) is 13.6. The van der Waals surface area contributed by atoms with E-state index in [4.69, 9.17) is 9.15 Å². The van der Waals surface area contributed by atoms with Gasteiger partial charge in [0.2, 0.25) is 0 Å². The Hall–Kier alpha value is -1.82. The van der Waals surface area contributed by atoms with Crippen LogP contribution in [0, 0.1) is 6.92 Å². The van der Waals surface area contributed by atoms with Crippen LogP contribution in [0.1, 0.15) is 41.7 Å². The summed E-state index contributed by atoms with van der Waals surface area (Å²) < 4.78 is 14.6. The normalized spacial score (nSPS) is 12.2. The number of aromatic nitrogens is 1. The number of rotatable bonds is 5. The van der Waals surface area contributed by atoms with Crippen LogP contribution in [0.4, 0.5) is 5.00 Å². The Morgan fingerprint density at radius 3 is 3.05 bits per heavy atom. The summed E-state index contributed by atoms with van der Waals surface area (Å²) in [6, 6.07) is 3.68. The van der Waals surface area contributed by atoms with Gasteiger partial charge in [-0.3, -0.25) is 0 Å². The lowest BCUT2D eigenvalue weighted by Gasteiger charge is -2.12. The summed E-state index contributed by atoms with van der Waals surface area (Å²) in [5.74, 6) is 0.462. The van der Waals surface area contributed by atoms with Gasteiger partial charge in [0, 0.05) is 0 Å². The van der Waals surface area contributed by atoms with Gasteiger partial charge in [-0.25, -0.2) is 4.79 Å². The maximum Gasteiger partial charge on any atom is 0.343 e. The Morgan fingerprint density at radius 1 is 1.63 bits per heavy atom. The van der Waals surface area contributed by atoms with E-state index >= 15 is 0 Å². The average molecular weight is 280 g/mol.